The molecule has 0 saturated carbocycles. The van der Waals surface area contributed by atoms with Crippen LogP contribution < -0.4 is 0 Å². The molecule has 4 heteroatoms. The monoisotopic (exact) mass is 109 g/mol. The summed E-state index contributed by atoms with van der Waals surface area (Å²) in [5.41, 5.74) is 0. The van der Waals surface area contributed by atoms with Gasteiger partial charge in [-0.1, -0.05) is 0 Å². The zero-order chi connectivity index (χ0) is 2.71. The standard InChI is InChI=1S/CH2O2.Li.Mn.H/c2-1-3;;;/h1H,(H,2,3);;;. The molecule has 0 aromatic heterocycles. The van der Waals surface area contributed by atoms with Crippen LogP contribution in [0.5, 0.6) is 0 Å². The maximum absolute atomic E-state index is 8.36. The number of hydrogen-bond acceptors (Lipinski definition) is 1. The zero-order valence-corrected chi connectivity index (χ0v) is 2.99. The first kappa shape index (κ1) is 17.6. The summed E-state index contributed by atoms with van der Waals surface area (Å²) in [6.07, 6.45) is 0. The van der Waals surface area contributed by atoms with E-state index >= 15 is 0 Å². The van der Waals surface area contributed by atoms with Crippen LogP contribution in [0.15, 0.2) is 0 Å². The average molecular weight is 109 g/mol. The summed E-state index contributed by atoms with van der Waals surface area (Å²) in [6, 6.07) is 0. The maximum atomic E-state index is 8.36. The van der Waals surface area contributed by atoms with Crippen LogP contribution in [0, 0.1) is 0 Å². The number of carboxylic acid groups (broad SMARTS) is 1. The van der Waals surface area contributed by atoms with Crippen LogP contribution in [-0.4, -0.2) is 30.4 Å². The molecule has 0 bridgehead atoms. The van der Waals surface area contributed by atoms with E-state index in [-0.39, 0.29) is 42.4 Å². The van der Waals surface area contributed by atoms with Gasteiger partial charge in [-0.2, -0.15) is 0 Å². The Morgan fingerprint density at radius 1 is 1.60 bits per heavy atom. The molecule has 0 unspecified atom stereocenters. The van der Waals surface area contributed by atoms with Crippen molar-refractivity contribution in [3.8, 4) is 0 Å². The van der Waals surface area contributed by atoms with Crippen molar-refractivity contribution < 1.29 is 27.0 Å². The fraction of sp³-hybridized carbons (Fsp3) is 0. The second kappa shape index (κ2) is 23.4. The Hall–Kier alpha value is 0.587. The van der Waals surface area contributed by atoms with Gasteiger partial charge in [0.25, 0.3) is 6.47 Å². The molecule has 0 aliphatic rings. The predicted octanol–water partition coefficient (Wildman–Crippen LogP) is -0.950. The minimum Gasteiger partial charge on any atom is 0 e. The molecule has 0 aromatic rings. The zero-order valence-electron chi connectivity index (χ0n) is 1.81. The van der Waals surface area contributed by atoms with E-state index in [9.17, 15) is 0 Å². The Balaban J connectivity index is -0.0000000200. The van der Waals surface area contributed by atoms with Crippen molar-refractivity contribution >= 4 is 25.3 Å². The average Bonchev–Trinajstić information content (AvgIpc) is 0.918. The summed E-state index contributed by atoms with van der Waals surface area (Å²) in [6.45, 7) is -0.250. The van der Waals surface area contributed by atoms with E-state index in [2.05, 4.69) is 0 Å². The molecule has 0 aliphatic heterocycles. The Kier molecular flexibility index (Phi) is 82.3. The number of hydrogen-bond donors (Lipinski definition) is 1. The van der Waals surface area contributed by atoms with Gasteiger partial charge in [-0.15, -0.1) is 0 Å². The number of carbonyl (C=O) groups is 1. The van der Waals surface area contributed by atoms with Gasteiger partial charge in [0.05, 0.1) is 0 Å². The molecule has 1 N–H and O–H groups in total. The maximum Gasteiger partial charge on any atom is 0 e. The number of rotatable bonds is 0. The Morgan fingerprint density at radius 2 is 1.60 bits per heavy atom. The molecular weight excluding hydrogens is 106 g/mol. The van der Waals surface area contributed by atoms with E-state index < -0.39 is 0 Å². The van der Waals surface area contributed by atoms with Crippen molar-refractivity contribution in [3.05, 3.63) is 0 Å². The van der Waals surface area contributed by atoms with Gasteiger partial charge in [0, 0.05) is 17.1 Å². The predicted molar refractivity (Wildman–Crippen MR) is 15.8 cm³/mol. The SMILES string of the molecule is O=CO.[LiH].[Mn]. The Morgan fingerprint density at radius 3 is 1.60 bits per heavy atom. The van der Waals surface area contributed by atoms with Crippen molar-refractivity contribution in [2.75, 3.05) is 0 Å². The van der Waals surface area contributed by atoms with Crippen molar-refractivity contribution in [3.63, 3.8) is 0 Å². The first-order valence-electron chi connectivity index (χ1n) is 0.494. The third-order valence-corrected chi connectivity index (χ3v) is 0. The molecule has 27 valence electrons. The molecule has 0 saturated heterocycles. The molecule has 5 heavy (non-hydrogen) atoms. The second-order valence-electron chi connectivity index (χ2n) is 0.105. The van der Waals surface area contributed by atoms with Crippen LogP contribution in [0.3, 0.4) is 0 Å². The molecule has 2 nitrogen and oxygen atoms in total. The van der Waals surface area contributed by atoms with Gasteiger partial charge >= 0.3 is 18.9 Å². The third kappa shape index (κ3) is 89.1. The molecular formula is CH3LiMnO2. The molecule has 0 atom stereocenters. The smallest absolute Gasteiger partial charge is 0 e. The summed E-state index contributed by atoms with van der Waals surface area (Å²) in [7, 11) is 0. The van der Waals surface area contributed by atoms with Gasteiger partial charge in [-0.25, -0.2) is 0 Å². The van der Waals surface area contributed by atoms with Crippen LogP contribution in [0.25, 0.3) is 0 Å². The molecule has 0 heterocycles. The molecule has 0 aromatic carbocycles. The van der Waals surface area contributed by atoms with Crippen LogP contribution >= 0.6 is 0 Å². The quantitative estimate of drug-likeness (QED) is 0.321. The van der Waals surface area contributed by atoms with E-state index in [1.807, 2.05) is 0 Å². The largest absolute Gasteiger partial charge is 0 e. The van der Waals surface area contributed by atoms with Crippen molar-refractivity contribution in [2.45, 2.75) is 0 Å². The van der Waals surface area contributed by atoms with E-state index in [4.69, 9.17) is 9.90 Å². The molecule has 0 spiro atoms. The fourth-order valence-corrected chi connectivity index (χ4v) is 0. The van der Waals surface area contributed by atoms with Crippen LogP contribution in [-0.2, 0) is 21.9 Å². The first-order chi connectivity index (χ1) is 1.41. The molecule has 0 rings (SSSR count). The van der Waals surface area contributed by atoms with Crippen molar-refractivity contribution in [1.29, 1.82) is 0 Å². The Labute approximate surface area is 52.6 Å². The Bertz CT molecular complexity index is 17.1. The van der Waals surface area contributed by atoms with Gasteiger partial charge in [-0.05, 0) is 0 Å². The third-order valence-electron chi connectivity index (χ3n) is 0. The summed E-state index contributed by atoms with van der Waals surface area (Å²) >= 11 is 0. The molecule has 0 amide bonds. The van der Waals surface area contributed by atoms with Crippen LogP contribution in [0.2, 0.25) is 0 Å². The van der Waals surface area contributed by atoms with Gasteiger partial charge in [-0.3, -0.25) is 4.79 Å². The fourth-order valence-electron chi connectivity index (χ4n) is 0. The summed E-state index contributed by atoms with van der Waals surface area (Å²) in [4.78, 5) is 8.36. The summed E-state index contributed by atoms with van der Waals surface area (Å²) in [5.74, 6) is 0. The van der Waals surface area contributed by atoms with E-state index in [1.165, 1.54) is 0 Å². The van der Waals surface area contributed by atoms with E-state index in [0.29, 0.717) is 0 Å². The van der Waals surface area contributed by atoms with Gasteiger partial charge in [0.1, 0.15) is 0 Å². The van der Waals surface area contributed by atoms with E-state index in [1.54, 1.807) is 0 Å². The molecule has 1 radical (unpaired) electrons. The normalized spacial score (nSPS) is 2.40. The van der Waals surface area contributed by atoms with Gasteiger partial charge in [0.2, 0.25) is 0 Å². The van der Waals surface area contributed by atoms with Crippen molar-refractivity contribution in [1.82, 2.24) is 0 Å². The minimum absolute atomic E-state index is 0. The van der Waals surface area contributed by atoms with Crippen LogP contribution in [0.1, 0.15) is 0 Å². The minimum atomic E-state index is -0.250. The summed E-state index contributed by atoms with van der Waals surface area (Å²) in [5, 5.41) is 6.89. The molecule has 0 fully saturated rings. The van der Waals surface area contributed by atoms with Crippen LogP contribution in [0.4, 0.5) is 0 Å². The first-order valence-corrected chi connectivity index (χ1v) is 0.494. The molecule has 0 aliphatic carbocycles. The van der Waals surface area contributed by atoms with Gasteiger partial charge < -0.3 is 5.11 Å². The topological polar surface area (TPSA) is 37.3 Å². The van der Waals surface area contributed by atoms with Crippen molar-refractivity contribution in [2.24, 2.45) is 0 Å². The second-order valence-corrected chi connectivity index (χ2v) is 0.105. The van der Waals surface area contributed by atoms with Gasteiger partial charge in [0.15, 0.2) is 0 Å². The van der Waals surface area contributed by atoms with E-state index in [0.717, 1.165) is 0 Å². The summed E-state index contributed by atoms with van der Waals surface area (Å²) < 4.78 is 0.